The second kappa shape index (κ2) is 6.12. The van der Waals surface area contributed by atoms with E-state index in [9.17, 15) is 9.90 Å². The van der Waals surface area contributed by atoms with Gasteiger partial charge in [0.15, 0.2) is 0 Å². The number of nitrogens with zero attached hydrogens (tertiary/aromatic N) is 2. The first kappa shape index (κ1) is 15.3. The second-order valence-corrected chi connectivity index (χ2v) is 5.72. The van der Waals surface area contributed by atoms with Gasteiger partial charge in [0.1, 0.15) is 5.56 Å². The van der Waals surface area contributed by atoms with Gasteiger partial charge in [0.2, 0.25) is 0 Å². The lowest BCUT2D eigenvalue weighted by Crippen LogP contribution is -2.07. The van der Waals surface area contributed by atoms with Crippen LogP contribution in [0.5, 0.6) is 0 Å². The van der Waals surface area contributed by atoms with E-state index in [0.717, 1.165) is 16.9 Å². The lowest BCUT2D eigenvalue weighted by Gasteiger charge is -2.09. The molecule has 112 valence electrons. The van der Waals surface area contributed by atoms with Gasteiger partial charge in [0, 0.05) is 0 Å². The SMILES string of the molecule is CCc1c(C(=O)O)c(CC(C)C)nn1-c1ccccc1C. The monoisotopic (exact) mass is 286 g/mol. The maximum Gasteiger partial charge on any atom is 0.339 e. The smallest absolute Gasteiger partial charge is 0.339 e. The Bertz CT molecular complexity index is 657. The first-order valence-electron chi connectivity index (χ1n) is 7.35. The highest BCUT2D eigenvalue weighted by atomic mass is 16.4. The first-order valence-corrected chi connectivity index (χ1v) is 7.35. The fourth-order valence-electron chi connectivity index (χ4n) is 2.61. The highest BCUT2D eigenvalue weighted by Gasteiger charge is 2.23. The molecule has 0 radical (unpaired) electrons. The van der Waals surface area contributed by atoms with Crippen molar-refractivity contribution in [3.63, 3.8) is 0 Å². The molecule has 21 heavy (non-hydrogen) atoms. The zero-order chi connectivity index (χ0) is 15.6. The molecule has 1 aromatic heterocycles. The molecule has 1 aromatic carbocycles. The zero-order valence-electron chi connectivity index (χ0n) is 13.1. The van der Waals surface area contributed by atoms with E-state index < -0.39 is 5.97 Å². The van der Waals surface area contributed by atoms with Gasteiger partial charge in [-0.05, 0) is 37.3 Å². The normalized spacial score (nSPS) is 11.1. The molecule has 2 rings (SSSR count). The second-order valence-electron chi connectivity index (χ2n) is 5.72. The molecule has 1 heterocycles. The molecule has 0 unspecified atom stereocenters. The Morgan fingerprint density at radius 1 is 1.33 bits per heavy atom. The summed E-state index contributed by atoms with van der Waals surface area (Å²) in [7, 11) is 0. The van der Waals surface area contributed by atoms with Crippen LogP contribution in [0.25, 0.3) is 5.69 Å². The fourth-order valence-corrected chi connectivity index (χ4v) is 2.61. The average Bonchev–Trinajstić information content (AvgIpc) is 2.76. The molecule has 0 aliphatic carbocycles. The minimum Gasteiger partial charge on any atom is -0.478 e. The van der Waals surface area contributed by atoms with Gasteiger partial charge in [-0.1, -0.05) is 39.0 Å². The van der Waals surface area contributed by atoms with E-state index in [1.54, 1.807) is 4.68 Å². The molecule has 1 N–H and O–H groups in total. The minimum absolute atomic E-state index is 0.369. The van der Waals surface area contributed by atoms with Crippen LogP contribution in [0.2, 0.25) is 0 Å². The van der Waals surface area contributed by atoms with E-state index >= 15 is 0 Å². The number of carbonyl (C=O) groups is 1. The summed E-state index contributed by atoms with van der Waals surface area (Å²) in [5.41, 5.74) is 3.86. The van der Waals surface area contributed by atoms with Crippen molar-refractivity contribution in [2.75, 3.05) is 0 Å². The maximum absolute atomic E-state index is 11.7. The first-order chi connectivity index (χ1) is 9.95. The van der Waals surface area contributed by atoms with Crippen LogP contribution in [0.15, 0.2) is 24.3 Å². The number of rotatable bonds is 5. The lowest BCUT2D eigenvalue weighted by molar-refractivity contribution is 0.0694. The Hall–Kier alpha value is -2.10. The van der Waals surface area contributed by atoms with Gasteiger partial charge in [-0.3, -0.25) is 0 Å². The van der Waals surface area contributed by atoms with E-state index in [2.05, 4.69) is 18.9 Å². The van der Waals surface area contributed by atoms with E-state index in [-0.39, 0.29) is 0 Å². The van der Waals surface area contributed by atoms with E-state index in [4.69, 9.17) is 0 Å². The number of para-hydroxylation sites is 1. The largest absolute Gasteiger partial charge is 0.478 e. The number of aromatic carboxylic acids is 1. The van der Waals surface area contributed by atoms with Crippen molar-refractivity contribution in [3.8, 4) is 5.69 Å². The highest BCUT2D eigenvalue weighted by molar-refractivity contribution is 5.90. The molecule has 0 atom stereocenters. The number of benzene rings is 1. The van der Waals surface area contributed by atoms with Crippen LogP contribution in [0, 0.1) is 12.8 Å². The molecule has 0 fully saturated rings. The van der Waals surface area contributed by atoms with Gasteiger partial charge in [-0.25, -0.2) is 9.48 Å². The van der Waals surface area contributed by atoms with Crippen molar-refractivity contribution in [2.24, 2.45) is 5.92 Å². The lowest BCUT2D eigenvalue weighted by atomic mass is 10.0. The Morgan fingerprint density at radius 2 is 2.00 bits per heavy atom. The van der Waals surface area contributed by atoms with Gasteiger partial charge in [-0.15, -0.1) is 0 Å². The molecule has 0 saturated heterocycles. The van der Waals surface area contributed by atoms with Gasteiger partial charge < -0.3 is 5.11 Å². The summed E-state index contributed by atoms with van der Waals surface area (Å²) in [6.07, 6.45) is 1.31. The third kappa shape index (κ3) is 2.99. The van der Waals surface area contributed by atoms with Crippen molar-refractivity contribution in [3.05, 3.63) is 46.8 Å². The van der Waals surface area contributed by atoms with Gasteiger partial charge in [-0.2, -0.15) is 5.10 Å². The molecule has 0 amide bonds. The van der Waals surface area contributed by atoms with Crippen LogP contribution in [0.1, 0.15) is 48.1 Å². The molecule has 0 bridgehead atoms. The highest BCUT2D eigenvalue weighted by Crippen LogP contribution is 2.23. The van der Waals surface area contributed by atoms with E-state index in [0.29, 0.717) is 30.0 Å². The molecule has 0 saturated carbocycles. The quantitative estimate of drug-likeness (QED) is 0.913. The van der Waals surface area contributed by atoms with E-state index in [1.165, 1.54) is 0 Å². The van der Waals surface area contributed by atoms with Crippen LogP contribution in [0.4, 0.5) is 0 Å². The number of carboxylic acids is 1. The van der Waals surface area contributed by atoms with Crippen LogP contribution >= 0.6 is 0 Å². The van der Waals surface area contributed by atoms with Gasteiger partial charge >= 0.3 is 5.97 Å². The number of carboxylic acid groups (broad SMARTS) is 1. The molecule has 0 spiro atoms. The van der Waals surface area contributed by atoms with Gasteiger partial charge in [0.25, 0.3) is 0 Å². The van der Waals surface area contributed by atoms with E-state index in [1.807, 2.05) is 38.1 Å². The van der Waals surface area contributed by atoms with Gasteiger partial charge in [0.05, 0.1) is 17.1 Å². The third-order valence-corrected chi connectivity index (χ3v) is 3.55. The third-order valence-electron chi connectivity index (χ3n) is 3.55. The standard InChI is InChI=1S/C17H22N2O2/c1-5-14-16(17(20)21)13(10-11(2)3)18-19(14)15-9-7-6-8-12(15)4/h6-9,11H,5,10H2,1-4H3,(H,20,21). The number of hydrogen-bond acceptors (Lipinski definition) is 2. The molecule has 4 heteroatoms. The summed E-state index contributed by atoms with van der Waals surface area (Å²) in [4.78, 5) is 11.7. The minimum atomic E-state index is -0.887. The summed E-state index contributed by atoms with van der Waals surface area (Å²) in [5, 5.41) is 14.2. The molecule has 2 aromatic rings. The summed E-state index contributed by atoms with van der Waals surface area (Å²) >= 11 is 0. The maximum atomic E-state index is 11.7. The molecular formula is C17H22N2O2. The fraction of sp³-hybridized carbons (Fsp3) is 0.412. The summed E-state index contributed by atoms with van der Waals surface area (Å²) in [6, 6.07) is 7.92. The Labute approximate surface area is 125 Å². The zero-order valence-corrected chi connectivity index (χ0v) is 13.1. The predicted molar refractivity (Wildman–Crippen MR) is 83.2 cm³/mol. The molecule has 0 aliphatic rings. The summed E-state index contributed by atoms with van der Waals surface area (Å²) in [5.74, 6) is -0.518. The Kier molecular flexibility index (Phi) is 4.46. The van der Waals surface area contributed by atoms with Crippen LogP contribution in [-0.2, 0) is 12.8 Å². The van der Waals surface area contributed by atoms with Crippen LogP contribution in [0.3, 0.4) is 0 Å². The molecular weight excluding hydrogens is 264 g/mol. The number of aryl methyl sites for hydroxylation is 1. The number of hydrogen-bond donors (Lipinski definition) is 1. The van der Waals surface area contributed by atoms with Crippen molar-refractivity contribution >= 4 is 5.97 Å². The predicted octanol–water partition coefficient (Wildman–Crippen LogP) is 3.64. The Balaban J connectivity index is 2.67. The van der Waals surface area contributed by atoms with Crippen LogP contribution in [-0.4, -0.2) is 20.9 Å². The van der Waals surface area contributed by atoms with Crippen molar-refractivity contribution in [1.82, 2.24) is 9.78 Å². The molecule has 0 aliphatic heterocycles. The number of aromatic nitrogens is 2. The average molecular weight is 286 g/mol. The van der Waals surface area contributed by atoms with Crippen molar-refractivity contribution in [1.29, 1.82) is 0 Å². The summed E-state index contributed by atoms with van der Waals surface area (Å²) < 4.78 is 1.80. The van der Waals surface area contributed by atoms with Crippen LogP contribution < -0.4 is 0 Å². The molecule has 4 nitrogen and oxygen atoms in total. The topological polar surface area (TPSA) is 55.1 Å². The summed E-state index contributed by atoms with van der Waals surface area (Å²) in [6.45, 7) is 8.13. The van der Waals surface area contributed by atoms with Crippen molar-refractivity contribution < 1.29 is 9.90 Å². The van der Waals surface area contributed by atoms with Crippen molar-refractivity contribution in [2.45, 2.75) is 40.5 Å². The Morgan fingerprint density at radius 3 is 2.52 bits per heavy atom.